The van der Waals surface area contributed by atoms with Gasteiger partial charge in [-0.1, -0.05) is 13.3 Å². The second-order valence-corrected chi connectivity index (χ2v) is 2.49. The highest BCUT2D eigenvalue weighted by Gasteiger charge is 2.09. The molecule has 3 heteroatoms. The van der Waals surface area contributed by atoms with Crippen molar-refractivity contribution >= 4 is 5.97 Å². The minimum atomic E-state index is -0.746. The van der Waals surface area contributed by atoms with E-state index in [9.17, 15) is 4.79 Å². The second kappa shape index (κ2) is 5.23. The lowest BCUT2D eigenvalue weighted by molar-refractivity contribution is -0.138. The van der Waals surface area contributed by atoms with Crippen molar-refractivity contribution in [1.82, 2.24) is 0 Å². The molecule has 0 fully saturated rings. The van der Waals surface area contributed by atoms with Gasteiger partial charge in [-0.2, -0.15) is 0 Å². The van der Waals surface area contributed by atoms with Crippen LogP contribution in [0.2, 0.25) is 0 Å². The van der Waals surface area contributed by atoms with Crippen LogP contribution in [0.4, 0.5) is 0 Å². The molecule has 0 rings (SSSR count). The molecule has 0 amide bonds. The highest BCUT2D eigenvalue weighted by atomic mass is 16.4. The topological polar surface area (TPSA) is 63.3 Å². The first kappa shape index (κ1) is 9.43. The minimum Gasteiger partial charge on any atom is -0.481 e. The van der Waals surface area contributed by atoms with Gasteiger partial charge in [0.25, 0.3) is 0 Å². The van der Waals surface area contributed by atoms with E-state index in [1.165, 1.54) is 0 Å². The highest BCUT2D eigenvalue weighted by molar-refractivity contribution is 5.67. The quantitative estimate of drug-likeness (QED) is 0.602. The molecule has 0 spiro atoms. The lowest BCUT2D eigenvalue weighted by Gasteiger charge is -2.08. The molecule has 0 aliphatic rings. The van der Waals surface area contributed by atoms with Crippen LogP contribution in [0.25, 0.3) is 0 Å². The van der Waals surface area contributed by atoms with Gasteiger partial charge in [-0.25, -0.2) is 0 Å². The Morgan fingerprint density at radius 1 is 1.70 bits per heavy atom. The first-order chi connectivity index (χ1) is 4.70. The molecule has 0 aliphatic heterocycles. The number of aliphatic carboxylic acids is 1. The fourth-order valence-electron chi connectivity index (χ4n) is 0.958. The summed E-state index contributed by atoms with van der Waals surface area (Å²) in [7, 11) is 0. The summed E-state index contributed by atoms with van der Waals surface area (Å²) in [6, 6.07) is 0. The van der Waals surface area contributed by atoms with Crippen LogP contribution in [0.5, 0.6) is 0 Å². The maximum Gasteiger partial charge on any atom is 0.303 e. The second-order valence-electron chi connectivity index (χ2n) is 2.49. The van der Waals surface area contributed by atoms with Crippen molar-refractivity contribution in [3.8, 4) is 0 Å². The smallest absolute Gasteiger partial charge is 0.303 e. The van der Waals surface area contributed by atoms with Crippen molar-refractivity contribution in [3.05, 3.63) is 0 Å². The summed E-state index contributed by atoms with van der Waals surface area (Å²) in [5, 5.41) is 8.39. The monoisotopic (exact) mass is 145 g/mol. The average molecular weight is 145 g/mol. The normalized spacial score (nSPS) is 13.0. The van der Waals surface area contributed by atoms with Gasteiger partial charge in [-0.3, -0.25) is 4.79 Å². The standard InChI is InChI=1S/C7H15NO2/c1-2-3-6(5-8)4-7(9)10/h6H,2-5,8H2,1H3,(H,9,10)/t6-/m0/s1. The summed E-state index contributed by atoms with van der Waals surface area (Å²) in [4.78, 5) is 10.2. The predicted octanol–water partition coefficient (Wildman–Crippen LogP) is 0.836. The lowest BCUT2D eigenvalue weighted by atomic mass is 10.0. The van der Waals surface area contributed by atoms with Crippen molar-refractivity contribution in [3.63, 3.8) is 0 Å². The van der Waals surface area contributed by atoms with E-state index in [0.29, 0.717) is 6.54 Å². The summed E-state index contributed by atoms with van der Waals surface area (Å²) < 4.78 is 0. The number of carboxylic acid groups (broad SMARTS) is 1. The van der Waals surface area contributed by atoms with E-state index in [1.807, 2.05) is 6.92 Å². The van der Waals surface area contributed by atoms with Gasteiger partial charge < -0.3 is 10.8 Å². The van der Waals surface area contributed by atoms with E-state index >= 15 is 0 Å². The third-order valence-electron chi connectivity index (χ3n) is 1.49. The fourth-order valence-corrected chi connectivity index (χ4v) is 0.958. The van der Waals surface area contributed by atoms with Crippen LogP contribution in [-0.2, 0) is 4.79 Å². The Labute approximate surface area is 61.2 Å². The molecule has 0 heterocycles. The van der Waals surface area contributed by atoms with Gasteiger partial charge in [0.15, 0.2) is 0 Å². The van der Waals surface area contributed by atoms with E-state index in [4.69, 9.17) is 10.8 Å². The van der Waals surface area contributed by atoms with Crippen LogP contribution in [0.15, 0.2) is 0 Å². The molecule has 1 atom stereocenters. The Hall–Kier alpha value is -0.570. The molecule has 0 aromatic carbocycles. The van der Waals surface area contributed by atoms with Gasteiger partial charge in [0, 0.05) is 6.42 Å². The van der Waals surface area contributed by atoms with E-state index in [-0.39, 0.29) is 12.3 Å². The zero-order valence-electron chi connectivity index (χ0n) is 6.34. The summed E-state index contributed by atoms with van der Waals surface area (Å²) >= 11 is 0. The zero-order chi connectivity index (χ0) is 7.98. The van der Waals surface area contributed by atoms with Gasteiger partial charge in [0.2, 0.25) is 0 Å². The maximum atomic E-state index is 10.2. The van der Waals surface area contributed by atoms with Crippen LogP contribution < -0.4 is 5.73 Å². The van der Waals surface area contributed by atoms with E-state index < -0.39 is 5.97 Å². The Kier molecular flexibility index (Phi) is 4.94. The number of rotatable bonds is 5. The highest BCUT2D eigenvalue weighted by Crippen LogP contribution is 2.08. The summed E-state index contributed by atoms with van der Waals surface area (Å²) in [6.45, 7) is 2.52. The van der Waals surface area contributed by atoms with Crippen molar-refractivity contribution in [2.45, 2.75) is 26.2 Å². The summed E-state index contributed by atoms with van der Waals surface area (Å²) in [6.07, 6.45) is 2.14. The van der Waals surface area contributed by atoms with Gasteiger partial charge >= 0.3 is 5.97 Å². The predicted molar refractivity (Wildman–Crippen MR) is 39.7 cm³/mol. The first-order valence-electron chi connectivity index (χ1n) is 3.62. The van der Waals surface area contributed by atoms with Gasteiger partial charge in [-0.15, -0.1) is 0 Å². The van der Waals surface area contributed by atoms with Crippen molar-refractivity contribution in [1.29, 1.82) is 0 Å². The molecule has 0 aliphatic carbocycles. The largest absolute Gasteiger partial charge is 0.481 e. The molecule has 0 aromatic rings. The van der Waals surface area contributed by atoms with Crippen molar-refractivity contribution in [2.24, 2.45) is 11.7 Å². The third kappa shape index (κ3) is 4.32. The Morgan fingerprint density at radius 2 is 2.30 bits per heavy atom. The van der Waals surface area contributed by atoms with Gasteiger partial charge in [0.05, 0.1) is 0 Å². The molecule has 0 bridgehead atoms. The molecule has 0 radical (unpaired) electrons. The molecule has 0 saturated carbocycles. The number of hydrogen-bond acceptors (Lipinski definition) is 2. The van der Waals surface area contributed by atoms with E-state index in [0.717, 1.165) is 12.8 Å². The van der Waals surface area contributed by atoms with E-state index in [1.54, 1.807) is 0 Å². The number of hydrogen-bond donors (Lipinski definition) is 2. The molecule has 0 aromatic heterocycles. The molecular formula is C7H15NO2. The van der Waals surface area contributed by atoms with Gasteiger partial charge in [-0.05, 0) is 18.9 Å². The average Bonchev–Trinajstić information content (AvgIpc) is 1.86. The molecule has 3 nitrogen and oxygen atoms in total. The Morgan fingerprint density at radius 3 is 2.60 bits per heavy atom. The van der Waals surface area contributed by atoms with Crippen LogP contribution in [0.1, 0.15) is 26.2 Å². The Bertz CT molecular complexity index is 104. The fraction of sp³-hybridized carbons (Fsp3) is 0.857. The zero-order valence-corrected chi connectivity index (χ0v) is 6.34. The van der Waals surface area contributed by atoms with Gasteiger partial charge in [0.1, 0.15) is 0 Å². The van der Waals surface area contributed by atoms with Crippen LogP contribution in [0, 0.1) is 5.92 Å². The first-order valence-corrected chi connectivity index (χ1v) is 3.62. The molecule has 0 saturated heterocycles. The maximum absolute atomic E-state index is 10.2. The molecular weight excluding hydrogens is 130 g/mol. The molecule has 10 heavy (non-hydrogen) atoms. The summed E-state index contributed by atoms with van der Waals surface area (Å²) in [5.41, 5.74) is 5.34. The third-order valence-corrected chi connectivity index (χ3v) is 1.49. The van der Waals surface area contributed by atoms with Crippen LogP contribution in [0.3, 0.4) is 0 Å². The molecule has 0 unspecified atom stereocenters. The molecule has 3 N–H and O–H groups in total. The summed E-state index contributed by atoms with van der Waals surface area (Å²) in [5.74, 6) is -0.577. The number of carbonyl (C=O) groups is 1. The number of carboxylic acids is 1. The SMILES string of the molecule is CCC[C@H](CN)CC(=O)O. The molecule has 60 valence electrons. The van der Waals surface area contributed by atoms with Crippen LogP contribution in [-0.4, -0.2) is 17.6 Å². The van der Waals surface area contributed by atoms with Crippen LogP contribution >= 0.6 is 0 Å². The minimum absolute atomic E-state index is 0.169. The number of nitrogens with two attached hydrogens (primary N) is 1. The van der Waals surface area contributed by atoms with Crippen molar-refractivity contribution in [2.75, 3.05) is 6.54 Å². The lowest BCUT2D eigenvalue weighted by Crippen LogP contribution is -2.17. The Balaban J connectivity index is 3.49. The van der Waals surface area contributed by atoms with E-state index in [2.05, 4.69) is 0 Å². The van der Waals surface area contributed by atoms with Crippen molar-refractivity contribution < 1.29 is 9.90 Å².